The highest BCUT2D eigenvalue weighted by Gasteiger charge is 2.28. The highest BCUT2D eigenvalue weighted by molar-refractivity contribution is 5.87. The quantitative estimate of drug-likeness (QED) is 0.146. The summed E-state index contributed by atoms with van der Waals surface area (Å²) in [6, 6.07) is 46.5. The molecule has 6 aromatic rings. The summed E-state index contributed by atoms with van der Waals surface area (Å²) in [7, 11) is 0. The number of aliphatic carboxylic acids is 1. The van der Waals surface area contributed by atoms with E-state index in [9.17, 15) is 9.59 Å². The van der Waals surface area contributed by atoms with Gasteiger partial charge < -0.3 is 15.3 Å². The number of carboxylic acid groups (broad SMARTS) is 1. The molecule has 1 amide bonds. The molecule has 2 aliphatic rings. The molecule has 6 aromatic carbocycles. The van der Waals surface area contributed by atoms with Crippen molar-refractivity contribution in [2.24, 2.45) is 11.8 Å². The Kier molecular flexibility index (Phi) is 14.7. The summed E-state index contributed by atoms with van der Waals surface area (Å²) in [5, 5.41) is 17.4. The van der Waals surface area contributed by atoms with E-state index in [2.05, 4.69) is 134 Å². The molecule has 2 fully saturated rings. The lowest BCUT2D eigenvalue weighted by atomic mass is 9.87. The third kappa shape index (κ3) is 11.9. The molecule has 0 bridgehead atoms. The SMILES string of the molecule is C[C@@H](C[C@H]1CCNC1)c1cccc2ccccc12.Cc1cccc(CC(=O)N2CC[C@H](C[C@H](C)c3cccc4ccccc34)C2)c1.Cc1cccc(CC(=O)O)c1. The van der Waals surface area contributed by atoms with Crippen LogP contribution in [0.1, 0.15) is 84.7 Å². The van der Waals surface area contributed by atoms with E-state index in [1.165, 1.54) is 64.2 Å². The fourth-order valence-electron chi connectivity index (χ4n) is 8.89. The molecule has 5 heteroatoms. The molecule has 0 aliphatic carbocycles. The van der Waals surface area contributed by atoms with Crippen LogP contribution in [-0.4, -0.2) is 48.1 Å². The highest BCUT2D eigenvalue weighted by atomic mass is 16.4. The number of amides is 1. The normalized spacial score (nSPS) is 17.3. The van der Waals surface area contributed by atoms with E-state index in [0.717, 1.165) is 48.5 Å². The van der Waals surface area contributed by atoms with Gasteiger partial charge >= 0.3 is 5.97 Å². The van der Waals surface area contributed by atoms with Crippen LogP contribution in [0, 0.1) is 25.7 Å². The molecular formula is C52H60N2O3. The summed E-state index contributed by atoms with van der Waals surface area (Å²) in [6.07, 6.45) is 5.54. The number of hydrogen-bond donors (Lipinski definition) is 2. The lowest BCUT2D eigenvalue weighted by Crippen LogP contribution is -2.30. The largest absolute Gasteiger partial charge is 0.481 e. The van der Waals surface area contributed by atoms with Gasteiger partial charge in [-0.3, -0.25) is 9.59 Å². The predicted octanol–water partition coefficient (Wildman–Crippen LogP) is 11.3. The van der Waals surface area contributed by atoms with Crippen LogP contribution in [0.5, 0.6) is 0 Å². The zero-order chi connectivity index (χ0) is 40.1. The molecule has 2 heterocycles. The number of aryl methyl sites for hydroxylation is 2. The van der Waals surface area contributed by atoms with Crippen molar-refractivity contribution in [3.8, 4) is 0 Å². The van der Waals surface area contributed by atoms with Crippen molar-refractivity contribution in [2.75, 3.05) is 26.2 Å². The fraction of sp³-hybridized carbons (Fsp3) is 0.346. The van der Waals surface area contributed by atoms with Crippen molar-refractivity contribution in [3.63, 3.8) is 0 Å². The van der Waals surface area contributed by atoms with Crippen LogP contribution in [-0.2, 0) is 22.4 Å². The molecule has 0 spiro atoms. The first-order valence-electron chi connectivity index (χ1n) is 20.9. The number of likely N-dealkylation sites (tertiary alicyclic amines) is 1. The zero-order valence-corrected chi connectivity index (χ0v) is 34.3. The van der Waals surface area contributed by atoms with Gasteiger partial charge in [-0.1, -0.05) is 158 Å². The van der Waals surface area contributed by atoms with Gasteiger partial charge in [-0.05, 0) is 120 Å². The van der Waals surface area contributed by atoms with Crippen molar-refractivity contribution >= 4 is 33.4 Å². The maximum atomic E-state index is 12.7. The van der Waals surface area contributed by atoms with Crippen LogP contribution in [0.3, 0.4) is 0 Å². The van der Waals surface area contributed by atoms with Crippen LogP contribution in [0.4, 0.5) is 0 Å². The predicted molar refractivity (Wildman–Crippen MR) is 237 cm³/mol. The number of carbonyl (C=O) groups excluding carboxylic acids is 1. The second-order valence-corrected chi connectivity index (χ2v) is 16.5. The number of carboxylic acids is 1. The van der Waals surface area contributed by atoms with Crippen molar-refractivity contribution in [3.05, 3.63) is 167 Å². The number of fused-ring (bicyclic) bond motifs is 2. The van der Waals surface area contributed by atoms with Gasteiger partial charge in [0.05, 0.1) is 12.8 Å². The Morgan fingerprint density at radius 3 is 1.68 bits per heavy atom. The average Bonchev–Trinajstić information content (AvgIpc) is 3.90. The summed E-state index contributed by atoms with van der Waals surface area (Å²) in [5.41, 5.74) is 7.25. The minimum absolute atomic E-state index is 0.113. The molecule has 296 valence electrons. The van der Waals surface area contributed by atoms with E-state index in [4.69, 9.17) is 5.11 Å². The fourth-order valence-corrected chi connectivity index (χ4v) is 8.89. The van der Waals surface area contributed by atoms with E-state index >= 15 is 0 Å². The second-order valence-electron chi connectivity index (χ2n) is 16.5. The molecule has 57 heavy (non-hydrogen) atoms. The number of rotatable bonds is 10. The van der Waals surface area contributed by atoms with Crippen molar-refractivity contribution < 1.29 is 14.7 Å². The van der Waals surface area contributed by atoms with Crippen LogP contribution in [0.25, 0.3) is 21.5 Å². The molecule has 8 rings (SSSR count). The van der Waals surface area contributed by atoms with Gasteiger partial charge in [-0.2, -0.15) is 0 Å². The Morgan fingerprint density at radius 1 is 0.649 bits per heavy atom. The molecule has 2 saturated heterocycles. The maximum Gasteiger partial charge on any atom is 0.307 e. The maximum absolute atomic E-state index is 12.7. The minimum Gasteiger partial charge on any atom is -0.481 e. The molecular weight excluding hydrogens is 701 g/mol. The van der Waals surface area contributed by atoms with Gasteiger partial charge in [-0.15, -0.1) is 0 Å². The van der Waals surface area contributed by atoms with Crippen LogP contribution in [0.15, 0.2) is 133 Å². The van der Waals surface area contributed by atoms with Gasteiger partial charge in [0.2, 0.25) is 5.91 Å². The monoisotopic (exact) mass is 760 g/mol. The molecule has 2 aliphatic heterocycles. The molecule has 5 nitrogen and oxygen atoms in total. The Balaban J connectivity index is 0.000000161. The van der Waals surface area contributed by atoms with Crippen molar-refractivity contribution in [2.45, 2.75) is 78.1 Å². The highest BCUT2D eigenvalue weighted by Crippen LogP contribution is 2.34. The summed E-state index contributed by atoms with van der Waals surface area (Å²) in [6.45, 7) is 12.9. The average molecular weight is 761 g/mol. The second kappa shape index (κ2) is 20.2. The Hall–Kier alpha value is -5.26. The molecule has 2 N–H and O–H groups in total. The van der Waals surface area contributed by atoms with Crippen LogP contribution >= 0.6 is 0 Å². The third-order valence-corrected chi connectivity index (χ3v) is 11.8. The van der Waals surface area contributed by atoms with Crippen molar-refractivity contribution in [1.82, 2.24) is 10.2 Å². The lowest BCUT2D eigenvalue weighted by Gasteiger charge is -2.20. The van der Waals surface area contributed by atoms with E-state index in [1.807, 2.05) is 37.3 Å². The van der Waals surface area contributed by atoms with E-state index < -0.39 is 5.97 Å². The number of benzene rings is 6. The first-order chi connectivity index (χ1) is 27.6. The topological polar surface area (TPSA) is 69.6 Å². The van der Waals surface area contributed by atoms with Gasteiger partial charge in [0, 0.05) is 13.1 Å². The van der Waals surface area contributed by atoms with Crippen LogP contribution in [0.2, 0.25) is 0 Å². The standard InChI is InChI=1S/C26H29NO.C17H21N.C9H10O2/c1-19-7-5-8-21(15-19)17-26(28)27-14-13-22(18-27)16-20(2)24-12-6-10-23-9-3-4-11-25(23)24;1-13(11-14-9-10-18-12-14)16-8-4-6-15-5-2-3-7-17(15)16;1-7-3-2-4-8(5-7)6-9(10)11/h3-12,15,20,22H,13-14,16-18H2,1-2H3;2-8,13-14,18H,9-12H2,1H3;2-5H,6H2,1H3,(H,10,11)/t20-,22+;13-,14+;/m00./s1. The van der Waals surface area contributed by atoms with E-state index in [-0.39, 0.29) is 12.3 Å². The number of nitrogens with zero attached hydrogens (tertiary/aromatic N) is 1. The Labute approximate surface area is 340 Å². The van der Waals surface area contributed by atoms with E-state index in [0.29, 0.717) is 24.2 Å². The smallest absolute Gasteiger partial charge is 0.307 e. The summed E-state index contributed by atoms with van der Waals surface area (Å²) >= 11 is 0. The molecule has 0 radical (unpaired) electrons. The summed E-state index contributed by atoms with van der Waals surface area (Å²) < 4.78 is 0. The lowest BCUT2D eigenvalue weighted by molar-refractivity contribution is -0.136. The van der Waals surface area contributed by atoms with Gasteiger partial charge in [0.15, 0.2) is 0 Å². The van der Waals surface area contributed by atoms with Gasteiger partial charge in [0.25, 0.3) is 0 Å². The van der Waals surface area contributed by atoms with E-state index in [1.54, 1.807) is 0 Å². The number of nitrogens with one attached hydrogen (secondary N) is 1. The molecule has 0 unspecified atom stereocenters. The van der Waals surface area contributed by atoms with Gasteiger partial charge in [0.1, 0.15) is 0 Å². The van der Waals surface area contributed by atoms with Crippen LogP contribution < -0.4 is 5.32 Å². The summed E-state index contributed by atoms with van der Waals surface area (Å²) in [5.74, 6) is 2.10. The number of hydrogen-bond acceptors (Lipinski definition) is 3. The summed E-state index contributed by atoms with van der Waals surface area (Å²) in [4.78, 5) is 25.1. The first kappa shape index (κ1) is 41.4. The van der Waals surface area contributed by atoms with Gasteiger partial charge in [-0.25, -0.2) is 0 Å². The zero-order valence-electron chi connectivity index (χ0n) is 34.3. The first-order valence-corrected chi connectivity index (χ1v) is 20.9. The Bertz CT molecular complexity index is 2230. The number of carbonyl (C=O) groups is 2. The molecule has 4 atom stereocenters. The minimum atomic E-state index is -0.782. The Morgan fingerprint density at radius 2 is 1.16 bits per heavy atom. The van der Waals surface area contributed by atoms with Crippen molar-refractivity contribution in [1.29, 1.82) is 0 Å². The molecule has 0 aromatic heterocycles. The third-order valence-electron chi connectivity index (χ3n) is 11.8. The molecule has 0 saturated carbocycles.